The fourth-order valence-electron chi connectivity index (χ4n) is 2.02. The molecule has 0 amide bonds. The van der Waals surface area contributed by atoms with Gasteiger partial charge in [-0.15, -0.1) is 0 Å². The molecule has 0 saturated carbocycles. The standard InChI is InChI=1S/C14H12N2O2/c1-18-13-9-10(5-6-12(13)17)11-3-2-4-14-15-7-8-16(11)14/h2-9,17H,1H3. The Balaban J connectivity index is 2.23. The van der Waals surface area contributed by atoms with Gasteiger partial charge < -0.3 is 9.84 Å². The van der Waals surface area contributed by atoms with E-state index < -0.39 is 0 Å². The van der Waals surface area contributed by atoms with E-state index in [1.807, 2.05) is 40.9 Å². The molecule has 0 aliphatic carbocycles. The molecule has 4 heteroatoms. The Hall–Kier alpha value is -2.49. The van der Waals surface area contributed by atoms with Crippen molar-refractivity contribution in [1.29, 1.82) is 0 Å². The molecule has 4 nitrogen and oxygen atoms in total. The first-order valence-corrected chi connectivity index (χ1v) is 5.59. The third-order valence-corrected chi connectivity index (χ3v) is 2.90. The minimum absolute atomic E-state index is 0.138. The van der Waals surface area contributed by atoms with E-state index in [2.05, 4.69) is 4.98 Å². The zero-order valence-corrected chi connectivity index (χ0v) is 9.87. The molecule has 0 fully saturated rings. The van der Waals surface area contributed by atoms with E-state index in [1.165, 1.54) is 7.11 Å². The summed E-state index contributed by atoms with van der Waals surface area (Å²) in [4.78, 5) is 4.25. The van der Waals surface area contributed by atoms with E-state index in [4.69, 9.17) is 4.74 Å². The third-order valence-electron chi connectivity index (χ3n) is 2.90. The number of imidazole rings is 1. The van der Waals surface area contributed by atoms with Crippen LogP contribution in [0.3, 0.4) is 0 Å². The molecule has 0 bridgehead atoms. The maximum absolute atomic E-state index is 9.61. The Labute approximate surface area is 104 Å². The number of phenolic OH excluding ortho intramolecular Hbond substituents is 1. The highest BCUT2D eigenvalue weighted by molar-refractivity contribution is 5.66. The molecule has 90 valence electrons. The Morgan fingerprint density at radius 1 is 1.22 bits per heavy atom. The molecule has 0 aliphatic rings. The van der Waals surface area contributed by atoms with Gasteiger partial charge in [0.25, 0.3) is 0 Å². The molecule has 0 atom stereocenters. The van der Waals surface area contributed by atoms with Crippen LogP contribution >= 0.6 is 0 Å². The van der Waals surface area contributed by atoms with Crippen LogP contribution in [0.15, 0.2) is 48.8 Å². The number of hydrogen-bond acceptors (Lipinski definition) is 3. The normalized spacial score (nSPS) is 10.7. The number of hydrogen-bond donors (Lipinski definition) is 1. The van der Waals surface area contributed by atoms with Gasteiger partial charge in [0.2, 0.25) is 0 Å². The first-order chi connectivity index (χ1) is 8.79. The molecule has 1 N–H and O–H groups in total. The molecule has 0 spiro atoms. The fourth-order valence-corrected chi connectivity index (χ4v) is 2.02. The average Bonchev–Trinajstić information content (AvgIpc) is 2.87. The number of pyridine rings is 1. The molecule has 0 aliphatic heterocycles. The summed E-state index contributed by atoms with van der Waals surface area (Å²) in [6.07, 6.45) is 3.67. The van der Waals surface area contributed by atoms with Crippen LogP contribution in [-0.2, 0) is 0 Å². The monoisotopic (exact) mass is 240 g/mol. The molecule has 2 aromatic heterocycles. The van der Waals surface area contributed by atoms with Gasteiger partial charge in [-0.25, -0.2) is 4.98 Å². The lowest BCUT2D eigenvalue weighted by Gasteiger charge is -2.08. The summed E-state index contributed by atoms with van der Waals surface area (Å²) in [5.74, 6) is 0.601. The van der Waals surface area contributed by atoms with Crippen molar-refractivity contribution in [1.82, 2.24) is 9.38 Å². The summed E-state index contributed by atoms with van der Waals surface area (Å²) in [6.45, 7) is 0. The van der Waals surface area contributed by atoms with E-state index in [0.717, 1.165) is 16.9 Å². The number of benzene rings is 1. The molecular formula is C14H12N2O2. The Morgan fingerprint density at radius 2 is 2.11 bits per heavy atom. The lowest BCUT2D eigenvalue weighted by molar-refractivity contribution is 0.373. The number of ether oxygens (including phenoxy) is 1. The molecule has 3 aromatic rings. The van der Waals surface area contributed by atoms with E-state index >= 15 is 0 Å². The van der Waals surface area contributed by atoms with Gasteiger partial charge >= 0.3 is 0 Å². The van der Waals surface area contributed by atoms with Crippen LogP contribution < -0.4 is 4.74 Å². The van der Waals surface area contributed by atoms with Gasteiger partial charge in [0.05, 0.1) is 12.8 Å². The maximum atomic E-state index is 9.61. The first-order valence-electron chi connectivity index (χ1n) is 5.59. The summed E-state index contributed by atoms with van der Waals surface area (Å²) in [5, 5.41) is 9.61. The molecule has 1 aromatic carbocycles. The number of aromatic hydroxyl groups is 1. The largest absolute Gasteiger partial charge is 0.504 e. The second kappa shape index (κ2) is 4.07. The van der Waals surface area contributed by atoms with Gasteiger partial charge in [-0.1, -0.05) is 6.07 Å². The van der Waals surface area contributed by atoms with Crippen molar-refractivity contribution in [2.75, 3.05) is 7.11 Å². The number of phenols is 1. The van der Waals surface area contributed by atoms with Crippen molar-refractivity contribution in [3.8, 4) is 22.8 Å². The van der Waals surface area contributed by atoms with Crippen LogP contribution in [0.5, 0.6) is 11.5 Å². The van der Waals surface area contributed by atoms with Crippen LogP contribution in [0.4, 0.5) is 0 Å². The number of methoxy groups -OCH3 is 1. The van der Waals surface area contributed by atoms with Crippen LogP contribution in [0.1, 0.15) is 0 Å². The van der Waals surface area contributed by atoms with Gasteiger partial charge in [0, 0.05) is 18.0 Å². The van der Waals surface area contributed by atoms with Gasteiger partial charge in [0.1, 0.15) is 5.65 Å². The van der Waals surface area contributed by atoms with Crippen LogP contribution in [0, 0.1) is 0 Å². The Morgan fingerprint density at radius 3 is 2.94 bits per heavy atom. The predicted molar refractivity (Wildman–Crippen MR) is 68.8 cm³/mol. The van der Waals surface area contributed by atoms with Crippen molar-refractivity contribution in [2.45, 2.75) is 0 Å². The van der Waals surface area contributed by atoms with Gasteiger partial charge in [-0.2, -0.15) is 0 Å². The molecule has 0 saturated heterocycles. The zero-order chi connectivity index (χ0) is 12.5. The second-order valence-corrected chi connectivity index (χ2v) is 3.95. The number of rotatable bonds is 2. The van der Waals surface area contributed by atoms with Crippen LogP contribution in [-0.4, -0.2) is 21.6 Å². The summed E-state index contributed by atoms with van der Waals surface area (Å²) in [6, 6.07) is 11.2. The first kappa shape index (κ1) is 10.7. The predicted octanol–water partition coefficient (Wildman–Crippen LogP) is 2.72. The van der Waals surface area contributed by atoms with E-state index in [-0.39, 0.29) is 5.75 Å². The zero-order valence-electron chi connectivity index (χ0n) is 9.87. The quantitative estimate of drug-likeness (QED) is 0.749. The fraction of sp³-hybridized carbons (Fsp3) is 0.0714. The van der Waals surface area contributed by atoms with Gasteiger partial charge in [-0.3, -0.25) is 4.40 Å². The summed E-state index contributed by atoms with van der Waals surface area (Å²) in [5.41, 5.74) is 2.86. The highest BCUT2D eigenvalue weighted by Gasteiger charge is 2.07. The molecule has 0 radical (unpaired) electrons. The van der Waals surface area contributed by atoms with Crippen molar-refractivity contribution >= 4 is 5.65 Å². The number of aromatic nitrogens is 2. The molecule has 18 heavy (non-hydrogen) atoms. The Kier molecular flexibility index (Phi) is 2.41. The van der Waals surface area contributed by atoms with Gasteiger partial charge in [0.15, 0.2) is 11.5 Å². The maximum Gasteiger partial charge on any atom is 0.161 e. The summed E-state index contributed by atoms with van der Waals surface area (Å²) in [7, 11) is 1.54. The van der Waals surface area contributed by atoms with Crippen LogP contribution in [0.2, 0.25) is 0 Å². The SMILES string of the molecule is COc1cc(-c2cccc3nccn23)ccc1O. The highest BCUT2D eigenvalue weighted by Crippen LogP contribution is 2.31. The van der Waals surface area contributed by atoms with Crippen molar-refractivity contribution in [3.63, 3.8) is 0 Å². The van der Waals surface area contributed by atoms with E-state index in [1.54, 1.807) is 12.3 Å². The molecule has 3 rings (SSSR count). The summed E-state index contributed by atoms with van der Waals surface area (Å²) < 4.78 is 7.12. The van der Waals surface area contributed by atoms with Crippen molar-refractivity contribution in [2.24, 2.45) is 0 Å². The number of fused-ring (bicyclic) bond motifs is 1. The smallest absolute Gasteiger partial charge is 0.161 e. The third kappa shape index (κ3) is 1.59. The lowest BCUT2D eigenvalue weighted by Crippen LogP contribution is -1.91. The summed E-state index contributed by atoms with van der Waals surface area (Å²) >= 11 is 0. The molecule has 0 unspecified atom stereocenters. The van der Waals surface area contributed by atoms with Crippen molar-refractivity contribution < 1.29 is 9.84 Å². The minimum Gasteiger partial charge on any atom is -0.504 e. The van der Waals surface area contributed by atoms with Gasteiger partial charge in [-0.05, 0) is 30.3 Å². The molecular weight excluding hydrogens is 228 g/mol. The minimum atomic E-state index is 0.138. The van der Waals surface area contributed by atoms with Crippen molar-refractivity contribution in [3.05, 3.63) is 48.8 Å². The topological polar surface area (TPSA) is 46.8 Å². The van der Waals surface area contributed by atoms with E-state index in [9.17, 15) is 5.11 Å². The van der Waals surface area contributed by atoms with Crippen LogP contribution in [0.25, 0.3) is 16.9 Å². The highest BCUT2D eigenvalue weighted by atomic mass is 16.5. The average molecular weight is 240 g/mol. The molecule has 2 heterocycles. The lowest BCUT2D eigenvalue weighted by atomic mass is 10.1. The number of nitrogens with zero attached hydrogens (tertiary/aromatic N) is 2. The second-order valence-electron chi connectivity index (χ2n) is 3.95. The van der Waals surface area contributed by atoms with E-state index in [0.29, 0.717) is 5.75 Å². The Bertz CT molecular complexity index is 704.